The van der Waals surface area contributed by atoms with Crippen molar-refractivity contribution in [2.75, 3.05) is 11.3 Å². The fraction of sp³-hybridized carbons (Fsp3) is 0.222. The predicted molar refractivity (Wildman–Crippen MR) is 58.7 cm³/mol. The quantitative estimate of drug-likeness (QED) is 0.769. The van der Waals surface area contributed by atoms with Crippen molar-refractivity contribution in [1.82, 2.24) is 4.98 Å². The number of hydrogen-bond donors (Lipinski definition) is 2. The Morgan fingerprint density at radius 1 is 1.47 bits per heavy atom. The number of hydrogen-bond acceptors (Lipinski definition) is 4. The molecule has 92 valence electrons. The zero-order valence-corrected chi connectivity index (χ0v) is 9.34. The molecular formula is C9H9F2N3O2S. The zero-order valence-electron chi connectivity index (χ0n) is 8.52. The van der Waals surface area contributed by atoms with Gasteiger partial charge in [-0.25, -0.2) is 13.4 Å². The van der Waals surface area contributed by atoms with Gasteiger partial charge in [0.1, 0.15) is 11.5 Å². The van der Waals surface area contributed by atoms with Gasteiger partial charge in [-0.1, -0.05) is 12.0 Å². The highest BCUT2D eigenvalue weighted by molar-refractivity contribution is 7.92. The Kier molecular flexibility index (Phi) is 4.37. The van der Waals surface area contributed by atoms with Gasteiger partial charge in [-0.05, 0) is 18.1 Å². The summed E-state index contributed by atoms with van der Waals surface area (Å²) in [7, 11) is -4.71. The third-order valence-electron chi connectivity index (χ3n) is 1.55. The van der Waals surface area contributed by atoms with Crippen molar-refractivity contribution in [3.05, 3.63) is 23.9 Å². The summed E-state index contributed by atoms with van der Waals surface area (Å²) in [5.74, 6) is 1.33. The van der Waals surface area contributed by atoms with Crippen LogP contribution < -0.4 is 10.5 Å². The number of halogens is 2. The third-order valence-corrected chi connectivity index (χ3v) is 2.51. The van der Waals surface area contributed by atoms with E-state index in [2.05, 4.69) is 16.8 Å². The minimum absolute atomic E-state index is 0.120. The summed E-state index contributed by atoms with van der Waals surface area (Å²) in [5, 5.41) is 0. The summed E-state index contributed by atoms with van der Waals surface area (Å²) < 4.78 is 47.5. The average molecular weight is 261 g/mol. The van der Waals surface area contributed by atoms with E-state index in [1.165, 1.54) is 18.2 Å². The van der Waals surface area contributed by atoms with Crippen molar-refractivity contribution >= 4 is 15.8 Å². The van der Waals surface area contributed by atoms with E-state index in [0.717, 1.165) is 0 Å². The van der Waals surface area contributed by atoms with Gasteiger partial charge in [0.05, 0.1) is 6.54 Å². The normalized spacial score (nSPS) is 10.8. The van der Waals surface area contributed by atoms with Gasteiger partial charge in [-0.15, -0.1) is 0 Å². The molecule has 3 N–H and O–H groups in total. The maximum atomic E-state index is 12.1. The molecule has 1 aromatic rings. The maximum Gasteiger partial charge on any atom is 0.355 e. The Labute approximate surface area is 97.1 Å². The first kappa shape index (κ1) is 13.3. The molecule has 1 rings (SSSR count). The monoisotopic (exact) mass is 261 g/mol. The summed E-state index contributed by atoms with van der Waals surface area (Å²) in [6, 6.07) is 4.19. The molecular weight excluding hydrogens is 252 g/mol. The molecule has 0 amide bonds. The Hall–Kier alpha value is -1.72. The lowest BCUT2D eigenvalue weighted by molar-refractivity contribution is 0.236. The molecule has 0 aliphatic heterocycles. The molecule has 0 atom stereocenters. The molecule has 0 fully saturated rings. The van der Waals surface area contributed by atoms with Crippen molar-refractivity contribution < 1.29 is 17.2 Å². The number of aromatic nitrogens is 1. The van der Waals surface area contributed by atoms with Crippen molar-refractivity contribution in [3.63, 3.8) is 0 Å². The number of rotatable bonds is 3. The predicted octanol–water partition coefficient (Wildman–Crippen LogP) is 0.356. The minimum Gasteiger partial charge on any atom is -0.320 e. The van der Waals surface area contributed by atoms with Gasteiger partial charge < -0.3 is 5.73 Å². The van der Waals surface area contributed by atoms with Crippen LogP contribution in [0.4, 0.5) is 14.6 Å². The Morgan fingerprint density at radius 2 is 2.18 bits per heavy atom. The molecule has 1 heterocycles. The second-order valence-corrected chi connectivity index (χ2v) is 4.47. The van der Waals surface area contributed by atoms with Gasteiger partial charge in [0.15, 0.2) is 0 Å². The van der Waals surface area contributed by atoms with Gasteiger partial charge in [0.25, 0.3) is 10.0 Å². The van der Waals surface area contributed by atoms with Gasteiger partial charge in [0, 0.05) is 0 Å². The van der Waals surface area contributed by atoms with Gasteiger partial charge >= 0.3 is 5.76 Å². The molecule has 1 aromatic heterocycles. The van der Waals surface area contributed by atoms with E-state index in [9.17, 15) is 17.2 Å². The molecule has 0 aliphatic carbocycles. The number of nitrogens with two attached hydrogens (primary N) is 1. The fourth-order valence-corrected chi connectivity index (χ4v) is 1.39. The topological polar surface area (TPSA) is 85.1 Å². The van der Waals surface area contributed by atoms with Crippen LogP contribution in [0.25, 0.3) is 0 Å². The van der Waals surface area contributed by atoms with Gasteiger partial charge in [0.2, 0.25) is 0 Å². The van der Waals surface area contributed by atoms with E-state index in [1.54, 1.807) is 4.72 Å². The highest BCUT2D eigenvalue weighted by atomic mass is 32.2. The summed E-state index contributed by atoms with van der Waals surface area (Å²) >= 11 is 0. The van der Waals surface area contributed by atoms with Crippen molar-refractivity contribution in [3.8, 4) is 11.8 Å². The van der Waals surface area contributed by atoms with Crippen molar-refractivity contribution in [2.24, 2.45) is 5.73 Å². The molecule has 0 bridgehead atoms. The Bertz CT molecular complexity index is 549. The largest absolute Gasteiger partial charge is 0.355 e. The van der Waals surface area contributed by atoms with Crippen molar-refractivity contribution in [1.29, 1.82) is 0 Å². The number of nitrogens with one attached hydrogen (secondary N) is 1. The molecule has 8 heteroatoms. The summed E-state index contributed by atoms with van der Waals surface area (Å²) in [4.78, 5) is 3.73. The smallest absolute Gasteiger partial charge is 0.320 e. The first-order chi connectivity index (χ1) is 7.95. The highest BCUT2D eigenvalue weighted by Crippen LogP contribution is 2.11. The standard InChI is InChI=1S/C9H9F2N3O2S/c10-9(11)17(15,16)14-8-5-1-3-7(13-8)4-2-6-12/h1,3,5,9H,6,12H2,(H,13,14). The van der Waals surface area contributed by atoms with E-state index in [0.29, 0.717) is 0 Å². The zero-order chi connectivity index (χ0) is 12.9. The Morgan fingerprint density at radius 3 is 2.76 bits per heavy atom. The van der Waals surface area contributed by atoms with Crippen LogP contribution in [0.2, 0.25) is 0 Å². The summed E-state index contributed by atoms with van der Waals surface area (Å²) in [6.07, 6.45) is 0. The lowest BCUT2D eigenvalue weighted by Crippen LogP contribution is -2.21. The van der Waals surface area contributed by atoms with E-state index in [4.69, 9.17) is 5.73 Å². The van der Waals surface area contributed by atoms with Crippen LogP contribution in [0.15, 0.2) is 18.2 Å². The second-order valence-electron chi connectivity index (χ2n) is 2.82. The van der Waals surface area contributed by atoms with Crippen LogP contribution in [0.1, 0.15) is 5.69 Å². The number of alkyl halides is 2. The van der Waals surface area contributed by atoms with Gasteiger partial charge in [-0.2, -0.15) is 8.78 Å². The average Bonchev–Trinajstić information content (AvgIpc) is 2.26. The Balaban J connectivity index is 2.94. The lowest BCUT2D eigenvalue weighted by Gasteiger charge is -2.05. The minimum atomic E-state index is -4.71. The molecule has 5 nitrogen and oxygen atoms in total. The van der Waals surface area contributed by atoms with Crippen LogP contribution in [-0.4, -0.2) is 25.7 Å². The number of nitrogens with zero attached hydrogens (tertiary/aromatic N) is 1. The molecule has 0 saturated carbocycles. The first-order valence-electron chi connectivity index (χ1n) is 4.41. The molecule has 0 unspecified atom stereocenters. The van der Waals surface area contributed by atoms with Gasteiger partial charge in [-0.3, -0.25) is 4.72 Å². The molecule has 0 aromatic carbocycles. The molecule has 0 aliphatic rings. The first-order valence-corrected chi connectivity index (χ1v) is 5.96. The SMILES string of the molecule is NCC#Cc1cccc(NS(=O)(=O)C(F)F)n1. The highest BCUT2D eigenvalue weighted by Gasteiger charge is 2.24. The lowest BCUT2D eigenvalue weighted by atomic mass is 10.3. The third kappa shape index (κ3) is 3.97. The molecule has 0 saturated heterocycles. The molecule has 0 spiro atoms. The number of anilines is 1. The van der Waals surface area contributed by atoms with Crippen LogP contribution >= 0.6 is 0 Å². The maximum absolute atomic E-state index is 12.1. The van der Waals surface area contributed by atoms with Crippen LogP contribution in [0, 0.1) is 11.8 Å². The molecule has 17 heavy (non-hydrogen) atoms. The van der Waals surface area contributed by atoms with E-state index in [1.807, 2.05) is 0 Å². The van der Waals surface area contributed by atoms with Crippen LogP contribution in [-0.2, 0) is 10.0 Å². The molecule has 0 radical (unpaired) electrons. The second kappa shape index (κ2) is 5.56. The van der Waals surface area contributed by atoms with Crippen LogP contribution in [0.5, 0.6) is 0 Å². The van der Waals surface area contributed by atoms with E-state index < -0.39 is 15.8 Å². The fourth-order valence-electron chi connectivity index (χ4n) is 0.893. The van der Waals surface area contributed by atoms with Crippen LogP contribution in [0.3, 0.4) is 0 Å². The van der Waals surface area contributed by atoms with Crippen molar-refractivity contribution in [2.45, 2.75) is 5.76 Å². The summed E-state index contributed by atoms with van der Waals surface area (Å²) in [5.41, 5.74) is 5.38. The van der Waals surface area contributed by atoms with E-state index >= 15 is 0 Å². The summed E-state index contributed by atoms with van der Waals surface area (Å²) in [6.45, 7) is 0.120. The van der Waals surface area contributed by atoms with E-state index in [-0.39, 0.29) is 18.1 Å². The number of sulfonamides is 1. The number of pyridine rings is 1.